The van der Waals surface area contributed by atoms with E-state index in [0.29, 0.717) is 17.6 Å². The number of ketones is 1. The van der Waals surface area contributed by atoms with Gasteiger partial charge in [0.05, 0.1) is 6.10 Å². The van der Waals surface area contributed by atoms with Crippen LogP contribution in [0.5, 0.6) is 0 Å². The van der Waals surface area contributed by atoms with Gasteiger partial charge in [0.2, 0.25) is 0 Å². The first-order valence-corrected chi connectivity index (χ1v) is 8.22. The molecule has 4 atom stereocenters. The first-order valence-electron chi connectivity index (χ1n) is 8.22. The Morgan fingerprint density at radius 2 is 2.05 bits per heavy atom. The Morgan fingerprint density at radius 1 is 1.20 bits per heavy atom. The molecule has 0 amide bonds. The van der Waals surface area contributed by atoms with Crippen LogP contribution in [-0.2, 0) is 4.79 Å². The quantitative estimate of drug-likeness (QED) is 0.732. The van der Waals surface area contributed by atoms with Crippen LogP contribution in [0.4, 0.5) is 0 Å². The number of Topliss-reactive ketones (excluding diaryl/α,β-unsaturated/α-hetero) is 1. The predicted octanol–water partition coefficient (Wildman–Crippen LogP) is 3.55. The molecule has 4 aliphatic carbocycles. The summed E-state index contributed by atoms with van der Waals surface area (Å²) < 4.78 is 0. The van der Waals surface area contributed by atoms with Crippen molar-refractivity contribution < 1.29 is 9.90 Å². The number of aliphatic hydroxyl groups excluding tert-OH is 1. The lowest BCUT2D eigenvalue weighted by Crippen LogP contribution is -2.39. The highest BCUT2D eigenvalue weighted by molar-refractivity contribution is 5.87. The summed E-state index contributed by atoms with van der Waals surface area (Å²) in [5.41, 5.74) is 4.57. The van der Waals surface area contributed by atoms with Crippen LogP contribution in [0, 0.1) is 17.3 Å². The van der Waals surface area contributed by atoms with Crippen molar-refractivity contribution >= 4 is 5.78 Å². The second-order valence-corrected chi connectivity index (χ2v) is 7.47. The minimum Gasteiger partial charge on any atom is -0.393 e. The maximum Gasteiger partial charge on any atom is 0.139 e. The molecule has 0 saturated heterocycles. The van der Waals surface area contributed by atoms with Crippen molar-refractivity contribution in [3.05, 3.63) is 22.8 Å². The largest absolute Gasteiger partial charge is 0.393 e. The van der Waals surface area contributed by atoms with Gasteiger partial charge in [-0.25, -0.2) is 0 Å². The average molecular weight is 272 g/mol. The molecule has 0 heterocycles. The van der Waals surface area contributed by atoms with E-state index in [-0.39, 0.29) is 11.5 Å². The first kappa shape index (κ1) is 12.8. The van der Waals surface area contributed by atoms with E-state index in [1.165, 1.54) is 12.0 Å². The van der Waals surface area contributed by atoms with Crippen LogP contribution >= 0.6 is 0 Å². The highest BCUT2D eigenvalue weighted by Crippen LogP contribution is 2.57. The van der Waals surface area contributed by atoms with Gasteiger partial charge in [0, 0.05) is 11.8 Å². The molecule has 0 aromatic heterocycles. The summed E-state index contributed by atoms with van der Waals surface area (Å²) in [5, 5.41) is 9.87. The Morgan fingerprint density at radius 3 is 2.90 bits per heavy atom. The van der Waals surface area contributed by atoms with Crippen molar-refractivity contribution in [2.24, 2.45) is 17.3 Å². The molecule has 0 aromatic carbocycles. The molecule has 1 N–H and O–H groups in total. The van der Waals surface area contributed by atoms with Gasteiger partial charge in [-0.05, 0) is 67.9 Å². The van der Waals surface area contributed by atoms with E-state index in [0.717, 1.165) is 44.9 Å². The molecule has 0 radical (unpaired) electrons. The topological polar surface area (TPSA) is 37.3 Å². The second-order valence-electron chi connectivity index (χ2n) is 7.47. The van der Waals surface area contributed by atoms with Crippen molar-refractivity contribution in [1.29, 1.82) is 0 Å². The Hall–Kier alpha value is -0.890. The number of carbonyl (C=O) groups excluding carboxylic acids is 1. The Bertz CT molecular complexity index is 528. The van der Waals surface area contributed by atoms with Crippen LogP contribution < -0.4 is 0 Å². The molecule has 4 aliphatic rings. The number of aliphatic hydroxyl groups is 1. The molecule has 1 fully saturated rings. The Balaban J connectivity index is 1.73. The fourth-order valence-electron chi connectivity index (χ4n) is 5.33. The highest BCUT2D eigenvalue weighted by atomic mass is 16.3. The molecule has 108 valence electrons. The number of allylic oxidation sites excluding steroid dienone is 3. The van der Waals surface area contributed by atoms with Crippen LogP contribution in [0.1, 0.15) is 58.3 Å². The number of rotatable bonds is 0. The molecular formula is C18H24O2. The normalized spacial score (nSPS) is 43.8. The van der Waals surface area contributed by atoms with Gasteiger partial charge in [-0.3, -0.25) is 4.79 Å². The fraction of sp³-hybridized carbons (Fsp3) is 0.722. The minimum atomic E-state index is -0.118. The van der Waals surface area contributed by atoms with Crippen molar-refractivity contribution in [2.75, 3.05) is 0 Å². The number of hydrogen-bond acceptors (Lipinski definition) is 2. The number of hydrogen-bond donors (Lipinski definition) is 1. The highest BCUT2D eigenvalue weighted by Gasteiger charge is 2.52. The number of carbonyl (C=O) groups is 1. The zero-order valence-corrected chi connectivity index (χ0v) is 12.3. The van der Waals surface area contributed by atoms with E-state index in [4.69, 9.17) is 0 Å². The zero-order valence-electron chi connectivity index (χ0n) is 12.3. The summed E-state index contributed by atoms with van der Waals surface area (Å²) >= 11 is 0. The van der Waals surface area contributed by atoms with E-state index in [1.54, 1.807) is 11.1 Å². The molecule has 2 heteroatoms. The van der Waals surface area contributed by atoms with Crippen molar-refractivity contribution in [2.45, 2.75) is 64.4 Å². The van der Waals surface area contributed by atoms with E-state index < -0.39 is 0 Å². The van der Waals surface area contributed by atoms with Crippen molar-refractivity contribution in [3.63, 3.8) is 0 Å². The van der Waals surface area contributed by atoms with Crippen LogP contribution in [0.25, 0.3) is 0 Å². The molecule has 0 aromatic rings. The van der Waals surface area contributed by atoms with Crippen LogP contribution in [0.2, 0.25) is 0 Å². The Kier molecular flexibility index (Phi) is 2.76. The van der Waals surface area contributed by atoms with Crippen LogP contribution in [0.15, 0.2) is 22.8 Å². The van der Waals surface area contributed by atoms with E-state index in [9.17, 15) is 9.90 Å². The van der Waals surface area contributed by atoms with Gasteiger partial charge in [-0.2, -0.15) is 0 Å². The molecule has 20 heavy (non-hydrogen) atoms. The first-order chi connectivity index (χ1) is 9.59. The van der Waals surface area contributed by atoms with Crippen LogP contribution in [0.3, 0.4) is 0 Å². The molecule has 1 saturated carbocycles. The molecule has 2 nitrogen and oxygen atoms in total. The van der Waals surface area contributed by atoms with Gasteiger partial charge in [0.15, 0.2) is 0 Å². The van der Waals surface area contributed by atoms with Gasteiger partial charge in [-0.1, -0.05) is 18.6 Å². The maximum atomic E-state index is 12.3. The van der Waals surface area contributed by atoms with E-state index >= 15 is 0 Å². The summed E-state index contributed by atoms with van der Waals surface area (Å²) in [6.07, 6.45) is 10.3. The lowest BCUT2D eigenvalue weighted by molar-refractivity contribution is -0.127. The van der Waals surface area contributed by atoms with Gasteiger partial charge >= 0.3 is 0 Å². The molecule has 0 spiro atoms. The predicted molar refractivity (Wildman–Crippen MR) is 78.1 cm³/mol. The monoisotopic (exact) mass is 272 g/mol. The third-order valence-electron chi connectivity index (χ3n) is 6.51. The van der Waals surface area contributed by atoms with Gasteiger partial charge in [0.25, 0.3) is 0 Å². The third kappa shape index (κ3) is 1.64. The lowest BCUT2D eigenvalue weighted by atomic mass is 9.59. The number of fused-ring (bicyclic) bond motifs is 4. The summed E-state index contributed by atoms with van der Waals surface area (Å²) in [4.78, 5) is 12.3. The van der Waals surface area contributed by atoms with Crippen molar-refractivity contribution in [1.82, 2.24) is 0 Å². The fourth-order valence-corrected chi connectivity index (χ4v) is 5.33. The van der Waals surface area contributed by atoms with Gasteiger partial charge in [-0.15, -0.1) is 0 Å². The summed E-state index contributed by atoms with van der Waals surface area (Å²) in [6.45, 7) is 2.20. The third-order valence-corrected chi connectivity index (χ3v) is 6.51. The Labute approximate surface area is 120 Å². The summed E-state index contributed by atoms with van der Waals surface area (Å²) in [5.74, 6) is 1.70. The van der Waals surface area contributed by atoms with Gasteiger partial charge in [0.1, 0.15) is 5.78 Å². The van der Waals surface area contributed by atoms with E-state index in [2.05, 4.69) is 13.0 Å². The average Bonchev–Trinajstić information content (AvgIpc) is 2.74. The summed E-state index contributed by atoms with van der Waals surface area (Å²) in [7, 11) is 0. The lowest BCUT2D eigenvalue weighted by Gasteiger charge is -2.45. The molecular weight excluding hydrogens is 248 g/mol. The molecule has 0 bridgehead atoms. The second kappa shape index (κ2) is 4.30. The minimum absolute atomic E-state index is 0.0690. The maximum absolute atomic E-state index is 12.3. The van der Waals surface area contributed by atoms with E-state index in [1.807, 2.05) is 0 Å². The summed E-state index contributed by atoms with van der Waals surface area (Å²) in [6, 6.07) is 0. The molecule has 4 unspecified atom stereocenters. The standard InChI is InChI=1S/C18H24O2/c1-18-9-8-14-13-5-3-12(19)10-11(13)2-4-15(14)16(18)6-7-17(18)20/h8,12,15-16,19H,2-7,9-10H2,1H3. The molecule has 4 rings (SSSR count). The van der Waals surface area contributed by atoms with Gasteiger partial charge < -0.3 is 5.11 Å². The smallest absolute Gasteiger partial charge is 0.139 e. The molecule has 0 aliphatic heterocycles. The zero-order chi connectivity index (χ0) is 13.9. The van der Waals surface area contributed by atoms with Crippen molar-refractivity contribution in [3.8, 4) is 0 Å². The SMILES string of the molecule is CC12CC=C3C4=C(CCC3C1CCC2=O)CC(O)CC4. The van der Waals surface area contributed by atoms with Crippen LogP contribution in [-0.4, -0.2) is 17.0 Å².